The minimum atomic E-state index is -0.793. The molecule has 0 aromatic rings. The molecule has 0 saturated carbocycles. The van der Waals surface area contributed by atoms with Gasteiger partial charge in [-0.15, -0.1) is 0 Å². The van der Waals surface area contributed by atoms with Crippen LogP contribution in [0.15, 0.2) is 48.6 Å². The molecule has 65 heavy (non-hydrogen) atoms. The quantitative estimate of drug-likeness (QED) is 0.0262. The van der Waals surface area contributed by atoms with Crippen LogP contribution in [0.4, 0.5) is 0 Å². The van der Waals surface area contributed by atoms with Gasteiger partial charge in [0.1, 0.15) is 13.2 Å². The van der Waals surface area contributed by atoms with Crippen molar-refractivity contribution in [1.82, 2.24) is 0 Å². The summed E-state index contributed by atoms with van der Waals surface area (Å²) in [4.78, 5) is 38.1. The molecule has 0 bridgehead atoms. The summed E-state index contributed by atoms with van der Waals surface area (Å²) in [6.45, 7) is 6.60. The van der Waals surface area contributed by atoms with E-state index in [1.807, 2.05) is 0 Å². The van der Waals surface area contributed by atoms with Crippen molar-refractivity contribution in [2.75, 3.05) is 13.2 Å². The predicted molar refractivity (Wildman–Crippen MR) is 279 cm³/mol. The molecule has 378 valence electrons. The van der Waals surface area contributed by atoms with Gasteiger partial charge in [0, 0.05) is 19.3 Å². The van der Waals surface area contributed by atoms with E-state index in [9.17, 15) is 14.4 Å². The summed E-state index contributed by atoms with van der Waals surface area (Å²) >= 11 is 0. The second-order valence-corrected chi connectivity index (χ2v) is 18.8. The topological polar surface area (TPSA) is 78.9 Å². The highest BCUT2D eigenvalue weighted by Crippen LogP contribution is 2.16. The lowest BCUT2D eigenvalue weighted by Crippen LogP contribution is -2.30. The Morgan fingerprint density at radius 2 is 0.569 bits per heavy atom. The Morgan fingerprint density at radius 1 is 0.308 bits per heavy atom. The van der Waals surface area contributed by atoms with Crippen molar-refractivity contribution in [2.45, 2.75) is 297 Å². The van der Waals surface area contributed by atoms with E-state index in [-0.39, 0.29) is 31.1 Å². The molecule has 0 aromatic heterocycles. The zero-order valence-corrected chi connectivity index (χ0v) is 43.3. The Balaban J connectivity index is 4.43. The van der Waals surface area contributed by atoms with Crippen molar-refractivity contribution >= 4 is 17.9 Å². The van der Waals surface area contributed by atoms with E-state index < -0.39 is 6.10 Å². The number of ether oxygens (including phenoxy) is 3. The smallest absolute Gasteiger partial charge is 0.306 e. The largest absolute Gasteiger partial charge is 0.462 e. The number of carbonyl (C=O) groups excluding carboxylic acids is 3. The molecule has 0 rings (SSSR count). The summed E-state index contributed by atoms with van der Waals surface area (Å²) in [5, 5.41) is 0. The molecule has 0 aliphatic carbocycles. The molecular weight excluding hydrogens is 805 g/mol. The van der Waals surface area contributed by atoms with Crippen LogP contribution < -0.4 is 0 Å². The summed E-state index contributed by atoms with van der Waals surface area (Å²) in [7, 11) is 0. The molecule has 0 N–H and O–H groups in total. The van der Waals surface area contributed by atoms with Gasteiger partial charge in [0.05, 0.1) is 0 Å². The first-order valence-corrected chi connectivity index (χ1v) is 28.1. The van der Waals surface area contributed by atoms with E-state index in [1.165, 1.54) is 186 Å². The van der Waals surface area contributed by atoms with Crippen molar-refractivity contribution < 1.29 is 28.6 Å². The van der Waals surface area contributed by atoms with Gasteiger partial charge in [-0.05, 0) is 77.0 Å². The van der Waals surface area contributed by atoms with E-state index in [1.54, 1.807) is 0 Å². The van der Waals surface area contributed by atoms with Gasteiger partial charge in [-0.3, -0.25) is 14.4 Å². The van der Waals surface area contributed by atoms with E-state index >= 15 is 0 Å². The molecular formula is C59H106O6. The first-order valence-electron chi connectivity index (χ1n) is 28.1. The first kappa shape index (κ1) is 62.4. The summed E-state index contributed by atoms with van der Waals surface area (Å²) in [5.74, 6) is -0.934. The van der Waals surface area contributed by atoms with Crippen molar-refractivity contribution in [3.05, 3.63) is 48.6 Å². The summed E-state index contributed by atoms with van der Waals surface area (Å²) < 4.78 is 16.8. The average Bonchev–Trinajstić information content (AvgIpc) is 3.30. The maximum atomic E-state index is 12.8. The van der Waals surface area contributed by atoms with Crippen LogP contribution in [0.25, 0.3) is 0 Å². The Labute approximate surface area is 403 Å². The second kappa shape index (κ2) is 54.0. The van der Waals surface area contributed by atoms with Crippen LogP contribution >= 0.6 is 0 Å². The molecule has 0 amide bonds. The summed E-state index contributed by atoms with van der Waals surface area (Å²) in [5.41, 5.74) is 0. The highest BCUT2D eigenvalue weighted by molar-refractivity contribution is 5.71. The monoisotopic (exact) mass is 911 g/mol. The number of carbonyl (C=O) groups is 3. The Hall–Kier alpha value is -2.63. The predicted octanol–water partition coefficient (Wildman–Crippen LogP) is 18.7. The van der Waals surface area contributed by atoms with Crippen LogP contribution in [0.2, 0.25) is 0 Å². The molecule has 0 spiro atoms. The number of hydrogen-bond donors (Lipinski definition) is 0. The molecule has 6 heteroatoms. The van der Waals surface area contributed by atoms with Gasteiger partial charge in [0.15, 0.2) is 6.10 Å². The molecule has 1 atom stereocenters. The first-order chi connectivity index (χ1) is 32.0. The second-order valence-electron chi connectivity index (χ2n) is 18.8. The molecule has 0 fully saturated rings. The van der Waals surface area contributed by atoms with Crippen LogP contribution in [0.1, 0.15) is 290 Å². The fourth-order valence-electron chi connectivity index (χ4n) is 8.04. The highest BCUT2D eigenvalue weighted by Gasteiger charge is 2.19. The minimum absolute atomic E-state index is 0.0875. The molecule has 0 aromatic carbocycles. The van der Waals surface area contributed by atoms with E-state index in [2.05, 4.69) is 69.4 Å². The summed E-state index contributed by atoms with van der Waals surface area (Å²) in [6.07, 6.45) is 65.3. The molecule has 0 radical (unpaired) electrons. The zero-order valence-electron chi connectivity index (χ0n) is 43.3. The third kappa shape index (κ3) is 52.2. The normalized spacial score (nSPS) is 12.4. The SMILES string of the molecule is CCCCCC/C=C\CCCCCCCCCC(=O)O[C@H](COC(=O)CCC/C=C\C/C=C\C/C=C\CCCCCCCC)COC(=O)CCCCCCCCCCCCCCCCC. The van der Waals surface area contributed by atoms with E-state index in [0.717, 1.165) is 57.8 Å². The van der Waals surface area contributed by atoms with Gasteiger partial charge < -0.3 is 14.2 Å². The van der Waals surface area contributed by atoms with Crippen LogP contribution in [0, 0.1) is 0 Å². The van der Waals surface area contributed by atoms with Crippen molar-refractivity contribution in [3.8, 4) is 0 Å². The van der Waals surface area contributed by atoms with Crippen molar-refractivity contribution in [2.24, 2.45) is 0 Å². The van der Waals surface area contributed by atoms with Crippen LogP contribution in [-0.2, 0) is 28.6 Å². The molecule has 0 aliphatic rings. The molecule has 0 heterocycles. The number of unbranched alkanes of at least 4 members (excludes halogenated alkanes) is 32. The van der Waals surface area contributed by atoms with Gasteiger partial charge in [-0.2, -0.15) is 0 Å². The maximum Gasteiger partial charge on any atom is 0.306 e. The number of rotatable bonds is 51. The van der Waals surface area contributed by atoms with Crippen molar-refractivity contribution in [1.29, 1.82) is 0 Å². The fraction of sp³-hybridized carbons (Fsp3) is 0.814. The Morgan fingerprint density at radius 3 is 0.954 bits per heavy atom. The fourth-order valence-corrected chi connectivity index (χ4v) is 8.04. The Bertz CT molecular complexity index is 1140. The number of allylic oxidation sites excluding steroid dienone is 8. The maximum absolute atomic E-state index is 12.8. The molecule has 0 unspecified atom stereocenters. The number of esters is 3. The lowest BCUT2D eigenvalue weighted by atomic mass is 10.0. The van der Waals surface area contributed by atoms with Crippen LogP contribution in [0.3, 0.4) is 0 Å². The van der Waals surface area contributed by atoms with Gasteiger partial charge in [-0.25, -0.2) is 0 Å². The van der Waals surface area contributed by atoms with Gasteiger partial charge in [0.2, 0.25) is 0 Å². The minimum Gasteiger partial charge on any atom is -0.462 e. The lowest BCUT2D eigenvalue weighted by Gasteiger charge is -2.18. The molecule has 6 nitrogen and oxygen atoms in total. The van der Waals surface area contributed by atoms with Gasteiger partial charge >= 0.3 is 17.9 Å². The summed E-state index contributed by atoms with van der Waals surface area (Å²) in [6, 6.07) is 0. The highest BCUT2D eigenvalue weighted by atomic mass is 16.6. The standard InChI is InChI=1S/C59H106O6/c1-4-7-10-13-16-19-22-25-28-29-32-34-37-40-43-46-49-52-58(61)64-55-56(65-59(62)53-50-47-44-41-38-35-31-27-24-21-18-15-12-9-6-3)54-63-57(60)51-48-45-42-39-36-33-30-26-23-20-17-14-11-8-5-2/h21,24-25,28,32,34,40,43,56H,4-20,22-23,26-27,29-31,33,35-39,41-42,44-55H2,1-3H3/b24-21-,28-25-,34-32-,43-40-/t56-/m0/s1. The molecule has 0 aliphatic heterocycles. The van der Waals surface area contributed by atoms with Gasteiger partial charge in [0.25, 0.3) is 0 Å². The van der Waals surface area contributed by atoms with E-state index in [4.69, 9.17) is 14.2 Å². The zero-order chi connectivity index (χ0) is 47.2. The van der Waals surface area contributed by atoms with E-state index in [0.29, 0.717) is 25.7 Å². The lowest BCUT2D eigenvalue weighted by molar-refractivity contribution is -0.167. The van der Waals surface area contributed by atoms with Gasteiger partial charge in [-0.1, -0.05) is 243 Å². The Kier molecular flexibility index (Phi) is 51.8. The third-order valence-corrected chi connectivity index (χ3v) is 12.3. The van der Waals surface area contributed by atoms with Crippen molar-refractivity contribution in [3.63, 3.8) is 0 Å². The average molecular weight is 911 g/mol. The third-order valence-electron chi connectivity index (χ3n) is 12.3. The van der Waals surface area contributed by atoms with Crippen LogP contribution in [0.5, 0.6) is 0 Å². The van der Waals surface area contributed by atoms with Crippen LogP contribution in [-0.4, -0.2) is 37.2 Å². The number of hydrogen-bond acceptors (Lipinski definition) is 6. The molecule has 0 saturated heterocycles.